The monoisotopic (exact) mass is 1520 g/mol. The Morgan fingerprint density at radius 2 is 1.04 bits per heavy atom. The fourth-order valence-corrected chi connectivity index (χ4v) is 20.6. The zero-order chi connectivity index (χ0) is 76.1. The average Bonchev–Trinajstić information content (AvgIpc) is 0.803. The first-order valence-electron chi connectivity index (χ1n) is 34.8. The summed E-state index contributed by atoms with van der Waals surface area (Å²) in [4.78, 5) is 48.4. The van der Waals surface area contributed by atoms with Gasteiger partial charge in [0.05, 0.1) is 28.4 Å². The highest BCUT2D eigenvalue weighted by Crippen LogP contribution is 2.38. The van der Waals surface area contributed by atoms with Crippen molar-refractivity contribution in [2.24, 2.45) is 0 Å². The Kier molecular flexibility index (Phi) is 28.1. The molecule has 0 bridgehead atoms. The Labute approximate surface area is 616 Å². The van der Waals surface area contributed by atoms with Gasteiger partial charge in [0.15, 0.2) is 17.3 Å². The van der Waals surface area contributed by atoms with E-state index in [9.17, 15) is 52.8 Å². The van der Waals surface area contributed by atoms with Crippen molar-refractivity contribution < 1.29 is 78.1 Å². The first kappa shape index (κ1) is 82.4. The van der Waals surface area contributed by atoms with Crippen LogP contribution in [0.3, 0.4) is 0 Å². The molecule has 0 atom stereocenters. The number of hydrogen-bond acceptors (Lipinski definition) is 18. The van der Waals surface area contributed by atoms with E-state index in [4.69, 9.17) is 25.3 Å². The second-order valence-electron chi connectivity index (χ2n) is 28.0. The number of fused-ring (bicyclic) bond motifs is 4. The molecule has 4 aliphatic heterocycles. The van der Waals surface area contributed by atoms with Crippen LogP contribution in [-0.2, 0) is 96.1 Å². The number of methoxy groups -OCH3 is 1. The summed E-state index contributed by atoms with van der Waals surface area (Å²) < 4.78 is 114. The molecule has 0 saturated heterocycles. The van der Waals surface area contributed by atoms with Crippen LogP contribution in [0, 0.1) is 6.92 Å². The molecule has 27 heteroatoms. The minimum atomic E-state index is -3.66. The molecule has 0 unspecified atom stereocenters. The predicted octanol–water partition coefficient (Wildman–Crippen LogP) is 10.0. The maximum absolute atomic E-state index is 13.3. The lowest BCUT2D eigenvalue weighted by atomic mass is 9.78. The van der Waals surface area contributed by atoms with Crippen LogP contribution >= 0.6 is 11.3 Å². The van der Waals surface area contributed by atoms with E-state index < -0.39 is 65.8 Å². The van der Waals surface area contributed by atoms with Crippen LogP contribution in [0.25, 0.3) is 10.4 Å². The van der Waals surface area contributed by atoms with Gasteiger partial charge in [-0.05, 0) is 169 Å². The van der Waals surface area contributed by atoms with E-state index in [2.05, 4.69) is 26.8 Å². The van der Waals surface area contributed by atoms with E-state index >= 15 is 0 Å². The number of sulfonamides is 4. The van der Waals surface area contributed by atoms with Gasteiger partial charge in [-0.2, -0.15) is 12.9 Å². The van der Waals surface area contributed by atoms with Crippen molar-refractivity contribution in [1.82, 2.24) is 22.7 Å². The van der Waals surface area contributed by atoms with Gasteiger partial charge in [0, 0.05) is 95.8 Å². The summed E-state index contributed by atoms with van der Waals surface area (Å²) in [5, 5.41) is 37.7. The van der Waals surface area contributed by atoms with Crippen molar-refractivity contribution in [3.05, 3.63) is 205 Å². The molecule has 5 N–H and O–H groups in total. The van der Waals surface area contributed by atoms with Gasteiger partial charge in [-0.15, -0.1) is 11.3 Å². The minimum Gasteiger partial charge on any atom is -0.496 e. The molecule has 104 heavy (non-hydrogen) atoms. The molecule has 4 aliphatic rings. The Morgan fingerprint density at radius 3 is 1.57 bits per heavy atom. The second-order valence-corrected chi connectivity index (χ2v) is 37.0. The second kappa shape index (κ2) is 35.5. The van der Waals surface area contributed by atoms with E-state index in [1.165, 1.54) is 38.7 Å². The molecule has 0 aliphatic carbocycles. The van der Waals surface area contributed by atoms with E-state index in [1.54, 1.807) is 86.2 Å². The van der Waals surface area contributed by atoms with Gasteiger partial charge in [-0.3, -0.25) is 24.4 Å². The van der Waals surface area contributed by atoms with Crippen molar-refractivity contribution in [3.63, 3.8) is 0 Å². The first-order valence-corrected chi connectivity index (χ1v) is 41.8. The summed E-state index contributed by atoms with van der Waals surface area (Å²) in [6.07, 6.45) is 5.85. The molecule has 1 amide bonds. The van der Waals surface area contributed by atoms with Crippen molar-refractivity contribution in [1.29, 1.82) is 0 Å². The topological polar surface area (TPSA) is 320 Å². The molecular weight excluding hydrogens is 1430 g/mol. The fraction of sp³-hybridized carbons (Fsp3) is 0.429. The van der Waals surface area contributed by atoms with Crippen LogP contribution < -0.4 is 10.2 Å². The highest BCUT2D eigenvalue weighted by molar-refractivity contribution is 7.90. The Morgan fingerprint density at radius 1 is 0.538 bits per heavy atom. The molecule has 0 fully saturated rings. The lowest BCUT2D eigenvalue weighted by Gasteiger charge is -2.39. The number of aliphatic hydroxyl groups is 3. The highest BCUT2D eigenvalue weighted by Gasteiger charge is 2.38. The standard InChI is InChI=1S/C24H25NO4S2.C21H26N2O5S.2C16H23NO4S/c1-17-4-2-5-21(12-17)24-14-22(16-30-24)31(28,29)25-10-3-6-18-7-8-20(23(27)15-26)13-19(18)9-11-25;1-21(2,3)16-5-7-17(8-6-16)29(26,27)23-10-9-14-11-15(20(24)22-25)12-19(28-4)18(14)13-23;1-4-7-22(20,21)17-9-13-6-5-12(15(19)10-18)8-14(13)16(2,3)11-17;1-2-10-22(20,21)17-8-3-4-13-5-6-15(16(19)12-18)11-14(13)7-9-17/h2,4-5,7-8,12-14,16,26H,3,6,9-11,15H2,1H3;5-8,11-12,25H,9-10,13H2,1-4H3,(H,22,24);5-6,8,18H,4,7,9-11H2,1-3H3;5-6,11,18H,2-4,7-10,12H2,1H3. The summed E-state index contributed by atoms with van der Waals surface area (Å²) in [5.41, 5.74) is 13.9. The molecule has 0 spiro atoms. The normalized spacial score (nSPS) is 16.0. The maximum Gasteiger partial charge on any atom is 0.274 e. The van der Waals surface area contributed by atoms with E-state index in [1.807, 2.05) is 77.1 Å². The Hall–Kier alpha value is -7.22. The molecule has 0 saturated carbocycles. The molecule has 22 nitrogen and oxygen atoms in total. The quantitative estimate of drug-likeness (QED) is 0.0285. The number of nitrogens with zero attached hydrogens (tertiary/aromatic N) is 4. The zero-order valence-electron chi connectivity index (χ0n) is 60.6. The van der Waals surface area contributed by atoms with Crippen LogP contribution in [0.15, 0.2) is 136 Å². The van der Waals surface area contributed by atoms with Gasteiger partial charge < -0.3 is 20.1 Å². The molecule has 5 heterocycles. The summed E-state index contributed by atoms with van der Waals surface area (Å²) >= 11 is 1.44. The number of amides is 1. The minimum absolute atomic E-state index is 0.0573. The maximum atomic E-state index is 13.3. The zero-order valence-corrected chi connectivity index (χ0v) is 64.7. The van der Waals surface area contributed by atoms with Crippen molar-refractivity contribution in [3.8, 4) is 16.2 Å². The predicted molar refractivity (Wildman–Crippen MR) is 403 cm³/mol. The third kappa shape index (κ3) is 20.3. The number of thiophene rings is 1. The summed E-state index contributed by atoms with van der Waals surface area (Å²) in [5.74, 6) is -0.831. The smallest absolute Gasteiger partial charge is 0.274 e. The van der Waals surface area contributed by atoms with Gasteiger partial charge in [-0.1, -0.05) is 127 Å². The molecule has 0 radical (unpaired) electrons. The van der Waals surface area contributed by atoms with Gasteiger partial charge in [0.25, 0.3) is 5.91 Å². The average molecular weight is 1520 g/mol. The van der Waals surface area contributed by atoms with Gasteiger partial charge in [0.1, 0.15) is 25.6 Å². The number of rotatable bonds is 19. The highest BCUT2D eigenvalue weighted by atomic mass is 32.2. The van der Waals surface area contributed by atoms with Gasteiger partial charge in [-0.25, -0.2) is 43.5 Å². The molecule has 1 aromatic heterocycles. The number of aryl methyl sites for hydroxylation is 3. The first-order chi connectivity index (χ1) is 49.1. The summed E-state index contributed by atoms with van der Waals surface area (Å²) in [6, 6.07) is 36.1. The number of aliphatic hydroxyl groups excluding tert-OH is 3. The third-order valence-corrected chi connectivity index (χ3v) is 27.9. The number of hydroxylamine groups is 1. The van der Waals surface area contributed by atoms with Crippen LogP contribution in [0.5, 0.6) is 5.75 Å². The van der Waals surface area contributed by atoms with Crippen LogP contribution in [0.2, 0.25) is 0 Å². The number of carbonyl (C=O) groups is 4. The largest absolute Gasteiger partial charge is 0.496 e. The number of nitrogens with one attached hydrogen (secondary N) is 1. The summed E-state index contributed by atoms with van der Waals surface area (Å²) in [6.45, 7) is 17.4. The van der Waals surface area contributed by atoms with Gasteiger partial charge in [0.2, 0.25) is 40.1 Å². The van der Waals surface area contributed by atoms with E-state index in [-0.39, 0.29) is 56.7 Å². The van der Waals surface area contributed by atoms with Crippen molar-refractivity contribution >= 4 is 74.7 Å². The lowest BCUT2D eigenvalue weighted by molar-refractivity contribution is 0.0705. The molecular formula is C77H97N5O17S5. The number of carbonyl (C=O) groups excluding carboxylic acids is 4. The fourth-order valence-electron chi connectivity index (χ4n) is 13.2. The number of benzene rings is 6. The third-order valence-electron chi connectivity index (χ3n) is 19.0. The number of Topliss-reactive ketones (excluding diaryl/α,β-unsaturated/α-hetero) is 3. The molecule has 7 aromatic rings. The van der Waals surface area contributed by atoms with Crippen molar-refractivity contribution in [2.75, 3.05) is 77.7 Å². The van der Waals surface area contributed by atoms with Crippen LogP contribution in [0.4, 0.5) is 0 Å². The lowest BCUT2D eigenvalue weighted by Crippen LogP contribution is -2.45. The van der Waals surface area contributed by atoms with Crippen LogP contribution in [-0.4, -0.2) is 172 Å². The molecule has 562 valence electrons. The molecule has 6 aromatic carbocycles. The Bertz CT molecular complexity index is 4710. The van der Waals surface area contributed by atoms with Gasteiger partial charge >= 0.3 is 0 Å². The SMILES string of the molecule is CCCS(=O)(=O)N1CCCc2ccc(C(=O)CO)cc2CC1.CCCS(=O)(=O)N1Cc2ccc(C(=O)CO)cc2C(C)(C)C1.COc1cc(C(=O)NO)cc2c1CN(S(=O)(=O)c1ccc(C(C)(C)C)cc1)CC2.Cc1cccc(-c2cc(S(=O)(=O)N3CCCc4ccc(C(=O)CO)cc4CC3)cs2)c1. The van der Waals surface area contributed by atoms with Crippen molar-refractivity contribution in [2.45, 2.75) is 147 Å². The Balaban J connectivity index is 0.000000178. The molecule has 11 rings (SSSR count). The van der Waals surface area contributed by atoms with Crippen LogP contribution in [0.1, 0.15) is 171 Å². The van der Waals surface area contributed by atoms with E-state index in [0.717, 1.165) is 79.8 Å². The number of hydrogen-bond donors (Lipinski definition) is 5. The van der Waals surface area contributed by atoms with E-state index in [0.29, 0.717) is 112 Å². The number of ketones is 3. The summed E-state index contributed by atoms with van der Waals surface area (Å²) in [7, 11) is -12.2. The number of ether oxygens (including phenoxy) is 1.